The Hall–Kier alpha value is -2.73. The Morgan fingerprint density at radius 1 is 0.923 bits per heavy atom. The van der Waals surface area contributed by atoms with Crippen molar-refractivity contribution in [1.29, 1.82) is 0 Å². The number of hydrogen-bond acceptors (Lipinski definition) is 0. The molecule has 26 heavy (non-hydrogen) atoms. The van der Waals surface area contributed by atoms with E-state index in [1.165, 1.54) is 38.7 Å². The van der Waals surface area contributed by atoms with Gasteiger partial charge >= 0.3 is 0 Å². The van der Waals surface area contributed by atoms with Crippen molar-refractivity contribution in [2.75, 3.05) is 0 Å². The van der Waals surface area contributed by atoms with E-state index >= 15 is 0 Å². The van der Waals surface area contributed by atoms with Crippen LogP contribution in [0.1, 0.15) is 25.0 Å². The van der Waals surface area contributed by atoms with E-state index in [0.717, 1.165) is 16.6 Å². The minimum absolute atomic E-state index is 1.03. The first kappa shape index (κ1) is 18.1. The van der Waals surface area contributed by atoms with Gasteiger partial charge in [-0.25, -0.2) is 0 Å². The van der Waals surface area contributed by atoms with Crippen molar-refractivity contribution in [3.8, 4) is 0 Å². The zero-order valence-electron chi connectivity index (χ0n) is 15.6. The fourth-order valence-corrected chi connectivity index (χ4v) is 3.49. The second-order valence-electron chi connectivity index (χ2n) is 6.62. The lowest BCUT2D eigenvalue weighted by molar-refractivity contribution is 1.51. The van der Waals surface area contributed by atoms with Gasteiger partial charge in [-0.05, 0) is 41.7 Å². The van der Waals surface area contributed by atoms with Crippen molar-refractivity contribution >= 4 is 36.6 Å². The van der Waals surface area contributed by atoms with Gasteiger partial charge in [0, 0.05) is 0 Å². The van der Waals surface area contributed by atoms with Gasteiger partial charge in [-0.15, -0.1) is 6.58 Å². The molecule has 0 nitrogen and oxygen atoms in total. The van der Waals surface area contributed by atoms with E-state index in [1.54, 1.807) is 0 Å². The van der Waals surface area contributed by atoms with Crippen LogP contribution in [0, 0.1) is 0 Å². The summed E-state index contributed by atoms with van der Waals surface area (Å²) >= 11 is 0. The molecule has 0 aliphatic carbocycles. The summed E-state index contributed by atoms with van der Waals surface area (Å²) in [5.74, 6) is 0. The van der Waals surface area contributed by atoms with Gasteiger partial charge in [0.2, 0.25) is 0 Å². The predicted molar refractivity (Wildman–Crippen MR) is 119 cm³/mol. The molecule has 0 spiro atoms. The van der Waals surface area contributed by atoms with Gasteiger partial charge in [0.1, 0.15) is 0 Å². The molecule has 2 aliphatic rings. The van der Waals surface area contributed by atoms with Crippen LogP contribution in [-0.4, -0.2) is 14.6 Å². The minimum atomic E-state index is 1.03. The van der Waals surface area contributed by atoms with Crippen LogP contribution < -0.4 is 10.9 Å². The molecule has 124 valence electrons. The fourth-order valence-electron chi connectivity index (χ4n) is 3.49. The molecule has 2 heteroatoms. The van der Waals surface area contributed by atoms with Crippen LogP contribution in [0.4, 0.5) is 0 Å². The lowest BCUT2D eigenvalue weighted by Crippen LogP contribution is -2.34. The van der Waals surface area contributed by atoms with E-state index in [0.29, 0.717) is 0 Å². The van der Waals surface area contributed by atoms with E-state index in [9.17, 15) is 0 Å². The predicted octanol–water partition coefficient (Wildman–Crippen LogP) is 4.43. The SMILES string of the molecule is C=C/C=C1\C(=C)[B]c2c1ccc1c2[B]C(=C/C=C(\C)C=C)/C1=C(\C)C=C. The standard InChI is InChI=1S/C24H22B2/c1-7-10-18-17(6)25-23-19(18)12-13-20-22(16(5)9-3)21(26-24(20)23)14-11-15(4)8-2/h7-14H,1-3,6H2,4-5H3/b15-11+,18-10+,21-14+,22-16+. The lowest BCUT2D eigenvalue weighted by atomic mass is 9.57. The normalized spacial score (nSPS) is 20.4. The van der Waals surface area contributed by atoms with Gasteiger partial charge in [-0.1, -0.05) is 95.8 Å². The first-order chi connectivity index (χ1) is 12.5. The molecule has 2 heterocycles. The van der Waals surface area contributed by atoms with E-state index in [1.807, 2.05) is 24.3 Å². The molecule has 0 atom stereocenters. The van der Waals surface area contributed by atoms with Crippen LogP contribution in [0.3, 0.4) is 0 Å². The largest absolute Gasteiger partial charge is 0.192 e. The molecule has 1 aromatic rings. The van der Waals surface area contributed by atoms with Crippen molar-refractivity contribution in [2.45, 2.75) is 13.8 Å². The van der Waals surface area contributed by atoms with Gasteiger partial charge in [-0.2, -0.15) is 0 Å². The molecule has 0 bridgehead atoms. The fraction of sp³-hybridized carbons (Fsp3) is 0.0833. The molecule has 0 amide bonds. The number of hydrogen-bond donors (Lipinski definition) is 0. The van der Waals surface area contributed by atoms with Crippen LogP contribution in [0.25, 0.3) is 11.1 Å². The number of allylic oxidation sites excluding steroid dienone is 12. The van der Waals surface area contributed by atoms with Crippen LogP contribution in [0.2, 0.25) is 0 Å². The lowest BCUT2D eigenvalue weighted by Gasteiger charge is -2.10. The zero-order valence-corrected chi connectivity index (χ0v) is 15.6. The summed E-state index contributed by atoms with van der Waals surface area (Å²) in [6.07, 6.45) is 11.9. The summed E-state index contributed by atoms with van der Waals surface area (Å²) in [6, 6.07) is 4.40. The van der Waals surface area contributed by atoms with Crippen molar-refractivity contribution in [1.82, 2.24) is 0 Å². The van der Waals surface area contributed by atoms with Crippen molar-refractivity contribution in [3.05, 3.63) is 108 Å². The average Bonchev–Trinajstić information content (AvgIpc) is 3.17. The Kier molecular flexibility index (Phi) is 5.04. The van der Waals surface area contributed by atoms with E-state index in [4.69, 9.17) is 0 Å². The van der Waals surface area contributed by atoms with Gasteiger partial charge in [0.15, 0.2) is 14.6 Å². The first-order valence-electron chi connectivity index (χ1n) is 8.75. The van der Waals surface area contributed by atoms with Crippen molar-refractivity contribution in [3.63, 3.8) is 0 Å². The third kappa shape index (κ3) is 2.97. The number of fused-ring (bicyclic) bond motifs is 3. The van der Waals surface area contributed by atoms with Gasteiger partial charge in [0.25, 0.3) is 0 Å². The highest BCUT2D eigenvalue weighted by atomic mass is 14.2. The smallest absolute Gasteiger partial charge is 0.104 e. The van der Waals surface area contributed by atoms with Gasteiger partial charge in [-0.3, -0.25) is 0 Å². The summed E-state index contributed by atoms with van der Waals surface area (Å²) in [5, 5.41) is 0. The quantitative estimate of drug-likeness (QED) is 0.565. The first-order valence-corrected chi connectivity index (χ1v) is 8.75. The van der Waals surface area contributed by atoms with Crippen LogP contribution >= 0.6 is 0 Å². The van der Waals surface area contributed by atoms with Crippen LogP contribution in [-0.2, 0) is 0 Å². The summed E-state index contributed by atoms with van der Waals surface area (Å²) < 4.78 is 0. The molecule has 2 radical (unpaired) electrons. The summed E-state index contributed by atoms with van der Waals surface area (Å²) in [5.41, 5.74) is 11.9. The molecule has 0 unspecified atom stereocenters. The molecular weight excluding hydrogens is 310 g/mol. The van der Waals surface area contributed by atoms with Crippen LogP contribution in [0.5, 0.6) is 0 Å². The monoisotopic (exact) mass is 332 g/mol. The molecule has 0 N–H and O–H groups in total. The van der Waals surface area contributed by atoms with Crippen molar-refractivity contribution < 1.29 is 0 Å². The molecule has 0 aromatic heterocycles. The number of benzene rings is 1. The van der Waals surface area contributed by atoms with Crippen molar-refractivity contribution in [2.24, 2.45) is 0 Å². The summed E-state index contributed by atoms with van der Waals surface area (Å²) in [4.78, 5) is 0. The molecule has 1 aromatic carbocycles. The summed E-state index contributed by atoms with van der Waals surface area (Å²) in [6.45, 7) is 20.0. The Morgan fingerprint density at radius 3 is 2.27 bits per heavy atom. The second-order valence-corrected chi connectivity index (χ2v) is 6.62. The van der Waals surface area contributed by atoms with Gasteiger partial charge in [0.05, 0.1) is 0 Å². The maximum Gasteiger partial charge on any atom is 0.192 e. The minimum Gasteiger partial charge on any atom is -0.104 e. The third-order valence-electron chi connectivity index (χ3n) is 4.93. The highest BCUT2D eigenvalue weighted by Gasteiger charge is 2.31. The molecule has 2 aliphatic heterocycles. The number of rotatable bonds is 4. The second kappa shape index (κ2) is 7.25. The summed E-state index contributed by atoms with van der Waals surface area (Å²) in [7, 11) is 4.44. The Balaban J connectivity index is 2.21. The Labute approximate surface area is 158 Å². The Morgan fingerprint density at radius 2 is 1.62 bits per heavy atom. The molecule has 0 fully saturated rings. The van der Waals surface area contributed by atoms with E-state index < -0.39 is 0 Å². The topological polar surface area (TPSA) is 0 Å². The maximum absolute atomic E-state index is 4.21. The molecule has 0 saturated heterocycles. The molecule has 0 saturated carbocycles. The highest BCUT2D eigenvalue weighted by Crippen LogP contribution is 2.34. The Bertz CT molecular complexity index is 962. The van der Waals surface area contributed by atoms with Crippen LogP contribution in [0.15, 0.2) is 97.0 Å². The maximum atomic E-state index is 4.21. The van der Waals surface area contributed by atoms with E-state index in [2.05, 4.69) is 79.0 Å². The zero-order chi connectivity index (χ0) is 18.8. The van der Waals surface area contributed by atoms with Gasteiger partial charge < -0.3 is 0 Å². The highest BCUT2D eigenvalue weighted by molar-refractivity contribution is 6.80. The average molecular weight is 332 g/mol. The molecular formula is C24H22B2. The molecule has 3 rings (SSSR count). The van der Waals surface area contributed by atoms with E-state index in [-0.39, 0.29) is 0 Å². The third-order valence-corrected chi connectivity index (χ3v) is 4.93.